The van der Waals surface area contributed by atoms with Gasteiger partial charge < -0.3 is 9.30 Å². The molecule has 0 saturated carbocycles. The van der Waals surface area contributed by atoms with E-state index < -0.39 is 0 Å². The highest BCUT2D eigenvalue weighted by molar-refractivity contribution is 14.1. The maximum Gasteiger partial charge on any atom is 0.140 e. The topological polar surface area (TPSA) is 27.1 Å². The summed E-state index contributed by atoms with van der Waals surface area (Å²) in [6.45, 7) is 0. The van der Waals surface area contributed by atoms with Crippen molar-refractivity contribution in [3.8, 4) is 22.6 Å². The molecule has 0 aliphatic heterocycles. The molecule has 4 aromatic rings. The molecule has 0 aliphatic carbocycles. The lowest BCUT2D eigenvalue weighted by Gasteiger charge is -2.11. The van der Waals surface area contributed by atoms with Crippen molar-refractivity contribution < 1.29 is 4.74 Å². The maximum absolute atomic E-state index is 6.08. The molecule has 3 nitrogen and oxygen atoms in total. The van der Waals surface area contributed by atoms with E-state index >= 15 is 0 Å². The molecule has 0 aliphatic rings. The van der Waals surface area contributed by atoms with Crippen LogP contribution in [0.1, 0.15) is 0 Å². The predicted octanol–water partition coefficient (Wildman–Crippen LogP) is 5.64. The van der Waals surface area contributed by atoms with E-state index in [4.69, 9.17) is 4.74 Å². The summed E-state index contributed by atoms with van der Waals surface area (Å²) in [7, 11) is 2.02. The first-order chi connectivity index (χ1) is 11.7. The van der Waals surface area contributed by atoms with Gasteiger partial charge in [0.15, 0.2) is 0 Å². The van der Waals surface area contributed by atoms with Gasteiger partial charge >= 0.3 is 0 Å². The highest BCUT2D eigenvalue weighted by Crippen LogP contribution is 2.34. The van der Waals surface area contributed by atoms with Gasteiger partial charge in [0.05, 0.1) is 0 Å². The van der Waals surface area contributed by atoms with Crippen LogP contribution in [-0.4, -0.2) is 9.55 Å². The molecule has 4 heteroatoms. The third kappa shape index (κ3) is 2.78. The first-order valence-corrected chi connectivity index (χ1v) is 8.73. The van der Waals surface area contributed by atoms with Gasteiger partial charge in [-0.1, -0.05) is 36.4 Å². The average molecular weight is 426 g/mol. The smallest absolute Gasteiger partial charge is 0.140 e. The Balaban J connectivity index is 1.81. The summed E-state index contributed by atoms with van der Waals surface area (Å²) in [6.07, 6.45) is 4.00. The quantitative estimate of drug-likeness (QED) is 0.397. The van der Waals surface area contributed by atoms with Crippen LogP contribution in [0.3, 0.4) is 0 Å². The first-order valence-electron chi connectivity index (χ1n) is 7.65. The summed E-state index contributed by atoms with van der Waals surface area (Å²) in [5, 5.41) is 1.16. The van der Waals surface area contributed by atoms with Gasteiger partial charge in [-0.15, -0.1) is 0 Å². The summed E-state index contributed by atoms with van der Waals surface area (Å²) in [5.74, 6) is 1.66. The monoisotopic (exact) mass is 426 g/mol. The fourth-order valence-corrected chi connectivity index (χ4v) is 3.59. The zero-order chi connectivity index (χ0) is 16.5. The molecular formula is C20H15IN2O. The molecule has 0 spiro atoms. The van der Waals surface area contributed by atoms with E-state index in [9.17, 15) is 0 Å². The first kappa shape index (κ1) is 15.2. The van der Waals surface area contributed by atoms with E-state index in [0.29, 0.717) is 0 Å². The number of hydrogen-bond donors (Lipinski definition) is 0. The standard InChI is InChI=1S/C20H15IN2O/c1-23-13-18(21)17-11-14(12-22-20(17)23)16-9-5-6-10-19(16)24-15-7-3-2-4-8-15/h2-13H,1H3. The summed E-state index contributed by atoms with van der Waals surface area (Å²) >= 11 is 2.35. The molecule has 4 rings (SSSR count). The number of para-hydroxylation sites is 2. The number of fused-ring (bicyclic) bond motifs is 1. The van der Waals surface area contributed by atoms with E-state index in [1.165, 1.54) is 3.57 Å². The molecule has 0 unspecified atom stereocenters. The highest BCUT2D eigenvalue weighted by atomic mass is 127. The van der Waals surface area contributed by atoms with Crippen molar-refractivity contribution in [2.75, 3.05) is 0 Å². The van der Waals surface area contributed by atoms with Crippen LogP contribution in [0.5, 0.6) is 11.5 Å². The van der Waals surface area contributed by atoms with Crippen molar-refractivity contribution in [1.29, 1.82) is 0 Å². The molecule has 2 heterocycles. The van der Waals surface area contributed by atoms with E-state index in [1.807, 2.05) is 66.3 Å². The zero-order valence-corrected chi connectivity index (χ0v) is 15.3. The van der Waals surface area contributed by atoms with Crippen LogP contribution < -0.4 is 4.74 Å². The molecule has 0 bridgehead atoms. The van der Waals surface area contributed by atoms with Gasteiger partial charge in [-0.3, -0.25) is 0 Å². The minimum atomic E-state index is 0.827. The number of ether oxygens (including phenoxy) is 1. The van der Waals surface area contributed by atoms with Gasteiger partial charge in [-0.2, -0.15) is 0 Å². The van der Waals surface area contributed by atoms with E-state index in [1.54, 1.807) is 0 Å². The van der Waals surface area contributed by atoms with Crippen molar-refractivity contribution in [3.63, 3.8) is 0 Å². The highest BCUT2D eigenvalue weighted by Gasteiger charge is 2.11. The molecule has 2 aromatic carbocycles. The Bertz CT molecular complexity index is 1010. The van der Waals surface area contributed by atoms with Gasteiger partial charge in [-0.25, -0.2) is 4.98 Å². The van der Waals surface area contributed by atoms with E-state index in [0.717, 1.165) is 33.7 Å². The Morgan fingerprint density at radius 1 is 1.00 bits per heavy atom. The van der Waals surface area contributed by atoms with Gasteiger partial charge in [0.25, 0.3) is 0 Å². The Morgan fingerprint density at radius 2 is 1.75 bits per heavy atom. The molecule has 0 fully saturated rings. The van der Waals surface area contributed by atoms with E-state index in [2.05, 4.69) is 45.9 Å². The van der Waals surface area contributed by atoms with Crippen molar-refractivity contribution in [3.05, 3.63) is 76.6 Å². The third-order valence-electron chi connectivity index (χ3n) is 3.93. The lowest BCUT2D eigenvalue weighted by Crippen LogP contribution is -1.91. The minimum Gasteiger partial charge on any atom is -0.457 e. The van der Waals surface area contributed by atoms with Crippen LogP contribution in [0.4, 0.5) is 0 Å². The van der Waals surface area contributed by atoms with Crippen LogP contribution in [0.25, 0.3) is 22.2 Å². The summed E-state index contributed by atoms with van der Waals surface area (Å²) in [4.78, 5) is 4.63. The van der Waals surface area contributed by atoms with Gasteiger partial charge in [-0.05, 0) is 46.9 Å². The van der Waals surface area contributed by atoms with Gasteiger partial charge in [0, 0.05) is 39.5 Å². The van der Waals surface area contributed by atoms with Crippen molar-refractivity contribution >= 4 is 33.6 Å². The second kappa shape index (κ2) is 6.28. The second-order valence-electron chi connectivity index (χ2n) is 5.59. The average Bonchev–Trinajstić information content (AvgIpc) is 2.90. The lowest BCUT2D eigenvalue weighted by molar-refractivity contribution is 0.484. The van der Waals surface area contributed by atoms with Crippen LogP contribution in [0, 0.1) is 3.57 Å². The number of hydrogen-bond acceptors (Lipinski definition) is 2. The Hall–Kier alpha value is -2.34. The Labute approximate surface area is 154 Å². The van der Waals surface area contributed by atoms with Crippen molar-refractivity contribution in [2.45, 2.75) is 0 Å². The molecule has 0 saturated heterocycles. The van der Waals surface area contributed by atoms with E-state index in [-0.39, 0.29) is 0 Å². The lowest BCUT2D eigenvalue weighted by atomic mass is 10.1. The third-order valence-corrected chi connectivity index (χ3v) is 4.79. The largest absolute Gasteiger partial charge is 0.457 e. The molecule has 118 valence electrons. The summed E-state index contributed by atoms with van der Waals surface area (Å²) in [5.41, 5.74) is 3.08. The summed E-state index contributed by atoms with van der Waals surface area (Å²) < 4.78 is 9.32. The molecule has 0 amide bonds. The van der Waals surface area contributed by atoms with Crippen LogP contribution in [0.15, 0.2) is 73.1 Å². The zero-order valence-electron chi connectivity index (χ0n) is 13.1. The van der Waals surface area contributed by atoms with Crippen LogP contribution in [0.2, 0.25) is 0 Å². The fourth-order valence-electron chi connectivity index (χ4n) is 2.77. The number of halogens is 1. The number of nitrogens with zero attached hydrogens (tertiary/aromatic N) is 2. The minimum absolute atomic E-state index is 0.827. The Kier molecular flexibility index (Phi) is 3.98. The number of aryl methyl sites for hydroxylation is 1. The van der Waals surface area contributed by atoms with Crippen molar-refractivity contribution in [2.24, 2.45) is 7.05 Å². The number of pyridine rings is 1. The van der Waals surface area contributed by atoms with Gasteiger partial charge in [0.1, 0.15) is 17.1 Å². The molecule has 0 radical (unpaired) electrons. The van der Waals surface area contributed by atoms with Crippen LogP contribution >= 0.6 is 22.6 Å². The molecule has 2 aromatic heterocycles. The maximum atomic E-state index is 6.08. The molecule has 0 atom stereocenters. The second-order valence-corrected chi connectivity index (χ2v) is 6.76. The van der Waals surface area contributed by atoms with Crippen molar-refractivity contribution in [1.82, 2.24) is 9.55 Å². The normalized spacial score (nSPS) is 10.9. The molecule has 0 N–H and O–H groups in total. The predicted molar refractivity (Wildman–Crippen MR) is 105 cm³/mol. The molecule has 24 heavy (non-hydrogen) atoms. The number of rotatable bonds is 3. The Morgan fingerprint density at radius 3 is 2.58 bits per heavy atom. The molecular weight excluding hydrogens is 411 g/mol. The fraction of sp³-hybridized carbons (Fsp3) is 0.0500. The number of aromatic nitrogens is 2. The van der Waals surface area contributed by atoms with Gasteiger partial charge in [0.2, 0.25) is 0 Å². The number of benzene rings is 2. The SMILES string of the molecule is Cn1cc(I)c2cc(-c3ccccc3Oc3ccccc3)cnc21. The summed E-state index contributed by atoms with van der Waals surface area (Å²) in [6, 6.07) is 20.1. The van der Waals surface area contributed by atoms with Crippen LogP contribution in [-0.2, 0) is 7.05 Å².